The van der Waals surface area contributed by atoms with Crippen molar-refractivity contribution in [2.45, 2.75) is 37.7 Å². The quantitative estimate of drug-likeness (QED) is 0.844. The number of halogens is 1. The van der Waals surface area contributed by atoms with Crippen LogP contribution in [-0.2, 0) is 4.79 Å². The van der Waals surface area contributed by atoms with Gasteiger partial charge in [0.15, 0.2) is 0 Å². The summed E-state index contributed by atoms with van der Waals surface area (Å²) < 4.78 is 12.8. The lowest BCUT2D eigenvalue weighted by molar-refractivity contribution is -0.121. The zero-order valence-corrected chi connectivity index (χ0v) is 12.2. The van der Waals surface area contributed by atoms with E-state index < -0.39 is 6.10 Å². The van der Waals surface area contributed by atoms with Gasteiger partial charge in [-0.3, -0.25) is 4.79 Å². The molecule has 1 rings (SSSR count). The molecule has 0 aromatic heterocycles. The molecular formula is C14H20FNO2S. The van der Waals surface area contributed by atoms with Crippen LogP contribution in [0.4, 0.5) is 4.39 Å². The van der Waals surface area contributed by atoms with Crippen molar-refractivity contribution in [2.24, 2.45) is 0 Å². The average Bonchev–Trinajstić information content (AvgIpc) is 2.38. The number of aliphatic hydroxyl groups is 1. The maximum atomic E-state index is 12.8. The van der Waals surface area contributed by atoms with Crippen molar-refractivity contribution in [1.82, 2.24) is 5.32 Å². The van der Waals surface area contributed by atoms with Gasteiger partial charge in [-0.15, -0.1) is 0 Å². The Kier molecular flexibility index (Phi) is 6.31. The lowest BCUT2D eigenvalue weighted by Crippen LogP contribution is -2.38. The van der Waals surface area contributed by atoms with Gasteiger partial charge in [0.25, 0.3) is 0 Å². The third kappa shape index (κ3) is 5.20. The van der Waals surface area contributed by atoms with E-state index in [2.05, 4.69) is 5.32 Å². The van der Waals surface area contributed by atoms with Crippen LogP contribution < -0.4 is 5.32 Å². The molecule has 3 atom stereocenters. The van der Waals surface area contributed by atoms with Crippen molar-refractivity contribution >= 4 is 17.7 Å². The molecule has 0 bridgehead atoms. The highest BCUT2D eigenvalue weighted by molar-refractivity contribution is 7.99. The summed E-state index contributed by atoms with van der Waals surface area (Å²) in [6.45, 7) is 3.68. The van der Waals surface area contributed by atoms with Crippen molar-refractivity contribution in [1.29, 1.82) is 0 Å². The highest BCUT2D eigenvalue weighted by atomic mass is 32.2. The predicted molar refractivity (Wildman–Crippen MR) is 76.6 cm³/mol. The Balaban J connectivity index is 2.50. The number of thioether (sulfide) groups is 1. The fraction of sp³-hybridized carbons (Fsp3) is 0.500. The monoisotopic (exact) mass is 285 g/mol. The highest BCUT2D eigenvalue weighted by Crippen LogP contribution is 2.18. The number of rotatable bonds is 6. The summed E-state index contributed by atoms with van der Waals surface area (Å²) in [6.07, 6.45) is 1.57. The Morgan fingerprint density at radius 1 is 1.37 bits per heavy atom. The lowest BCUT2D eigenvalue weighted by Gasteiger charge is -2.19. The molecule has 1 aromatic carbocycles. The number of benzene rings is 1. The minimum absolute atomic E-state index is 0.0358. The van der Waals surface area contributed by atoms with Gasteiger partial charge in [-0.05, 0) is 44.2 Å². The minimum Gasteiger partial charge on any atom is -0.388 e. The zero-order valence-electron chi connectivity index (χ0n) is 11.4. The average molecular weight is 285 g/mol. The number of hydrogen-bond donors (Lipinski definition) is 2. The van der Waals surface area contributed by atoms with Gasteiger partial charge in [0.05, 0.1) is 11.4 Å². The van der Waals surface area contributed by atoms with Crippen molar-refractivity contribution in [3.63, 3.8) is 0 Å². The summed E-state index contributed by atoms with van der Waals surface area (Å²) in [4.78, 5) is 11.7. The molecule has 0 aliphatic carbocycles. The van der Waals surface area contributed by atoms with E-state index in [1.54, 1.807) is 12.1 Å². The molecule has 0 radical (unpaired) electrons. The fourth-order valence-corrected chi connectivity index (χ4v) is 1.96. The number of hydrogen-bond acceptors (Lipinski definition) is 3. The molecule has 19 heavy (non-hydrogen) atoms. The van der Waals surface area contributed by atoms with Crippen LogP contribution in [0, 0.1) is 5.82 Å². The third-order valence-corrected chi connectivity index (χ3v) is 3.86. The molecule has 0 saturated heterocycles. The largest absolute Gasteiger partial charge is 0.388 e. The molecule has 0 fully saturated rings. The maximum absolute atomic E-state index is 12.8. The normalized spacial score (nSPS) is 15.6. The summed E-state index contributed by atoms with van der Waals surface area (Å²) >= 11 is 1.48. The molecule has 0 aliphatic heterocycles. The smallest absolute Gasteiger partial charge is 0.233 e. The molecule has 0 saturated carbocycles. The second-order valence-electron chi connectivity index (χ2n) is 4.59. The van der Waals surface area contributed by atoms with E-state index in [-0.39, 0.29) is 23.0 Å². The summed E-state index contributed by atoms with van der Waals surface area (Å²) in [5, 5.41) is 12.8. The highest BCUT2D eigenvalue weighted by Gasteiger charge is 2.17. The van der Waals surface area contributed by atoms with E-state index in [9.17, 15) is 14.3 Å². The Morgan fingerprint density at radius 3 is 2.47 bits per heavy atom. The van der Waals surface area contributed by atoms with E-state index >= 15 is 0 Å². The van der Waals surface area contributed by atoms with Crippen molar-refractivity contribution in [2.75, 3.05) is 6.26 Å². The van der Waals surface area contributed by atoms with Crippen LogP contribution in [0.2, 0.25) is 0 Å². The van der Waals surface area contributed by atoms with Crippen LogP contribution in [0.3, 0.4) is 0 Å². The third-order valence-electron chi connectivity index (χ3n) is 2.94. The van der Waals surface area contributed by atoms with E-state index in [1.165, 1.54) is 23.9 Å². The summed E-state index contributed by atoms with van der Waals surface area (Å²) in [5.41, 5.74) is 0.653. The maximum Gasteiger partial charge on any atom is 0.233 e. The Morgan fingerprint density at radius 2 is 1.95 bits per heavy atom. The first-order valence-electron chi connectivity index (χ1n) is 6.20. The number of nitrogens with one attached hydrogen (secondary N) is 1. The van der Waals surface area contributed by atoms with E-state index in [0.29, 0.717) is 12.0 Å². The second kappa shape index (κ2) is 7.50. The molecule has 3 nitrogen and oxygen atoms in total. The number of carbonyl (C=O) groups is 1. The van der Waals surface area contributed by atoms with E-state index in [4.69, 9.17) is 0 Å². The Hall–Kier alpha value is -1.07. The fourth-order valence-electron chi connectivity index (χ4n) is 1.68. The second-order valence-corrected chi connectivity index (χ2v) is 5.77. The molecule has 1 aromatic rings. The van der Waals surface area contributed by atoms with Gasteiger partial charge in [-0.25, -0.2) is 4.39 Å². The van der Waals surface area contributed by atoms with Gasteiger partial charge in [-0.2, -0.15) is 11.8 Å². The molecule has 106 valence electrons. The van der Waals surface area contributed by atoms with Crippen LogP contribution in [-0.4, -0.2) is 28.6 Å². The minimum atomic E-state index is -0.708. The van der Waals surface area contributed by atoms with Gasteiger partial charge in [0.1, 0.15) is 5.82 Å². The van der Waals surface area contributed by atoms with Crippen LogP contribution >= 0.6 is 11.8 Å². The van der Waals surface area contributed by atoms with E-state index in [1.807, 2.05) is 20.1 Å². The zero-order chi connectivity index (χ0) is 14.4. The van der Waals surface area contributed by atoms with Crippen molar-refractivity contribution in [3.8, 4) is 0 Å². The van der Waals surface area contributed by atoms with Gasteiger partial charge in [0.2, 0.25) is 5.91 Å². The molecular weight excluding hydrogens is 265 g/mol. The molecule has 1 amide bonds. The molecule has 0 heterocycles. The Labute approximate surface area is 117 Å². The molecule has 2 N–H and O–H groups in total. The first-order valence-corrected chi connectivity index (χ1v) is 7.49. The standard InChI is InChI=1S/C14H20FNO2S/c1-9(16-14(18)10(2)19-3)8-13(17)11-4-6-12(15)7-5-11/h4-7,9-10,13,17H,8H2,1-3H3,(H,16,18). The molecule has 0 aliphatic rings. The summed E-state index contributed by atoms with van der Waals surface area (Å²) in [5.74, 6) is -0.364. The van der Waals surface area contributed by atoms with Crippen LogP contribution in [0.5, 0.6) is 0 Å². The molecule has 0 spiro atoms. The predicted octanol–water partition coefficient (Wildman–Crippen LogP) is 2.51. The molecule has 5 heteroatoms. The Bertz CT molecular complexity index is 410. The van der Waals surface area contributed by atoms with Crippen molar-refractivity contribution < 1.29 is 14.3 Å². The first kappa shape index (κ1) is 16.0. The van der Waals surface area contributed by atoms with Gasteiger partial charge >= 0.3 is 0 Å². The summed E-state index contributed by atoms with van der Waals surface area (Å²) in [6, 6.07) is 5.61. The topological polar surface area (TPSA) is 49.3 Å². The number of aliphatic hydroxyl groups excluding tert-OH is 1. The molecule has 3 unspecified atom stereocenters. The first-order chi connectivity index (χ1) is 8.93. The number of carbonyl (C=O) groups excluding carboxylic acids is 1. The van der Waals surface area contributed by atoms with Crippen LogP contribution in [0.15, 0.2) is 24.3 Å². The number of amides is 1. The SMILES string of the molecule is CSC(C)C(=O)NC(C)CC(O)c1ccc(F)cc1. The summed E-state index contributed by atoms with van der Waals surface area (Å²) in [7, 11) is 0. The van der Waals surface area contributed by atoms with Gasteiger partial charge < -0.3 is 10.4 Å². The van der Waals surface area contributed by atoms with Crippen molar-refractivity contribution in [3.05, 3.63) is 35.6 Å². The van der Waals surface area contributed by atoms with Gasteiger partial charge in [0, 0.05) is 6.04 Å². The van der Waals surface area contributed by atoms with Gasteiger partial charge in [-0.1, -0.05) is 12.1 Å². The van der Waals surface area contributed by atoms with Crippen LogP contribution in [0.25, 0.3) is 0 Å². The van der Waals surface area contributed by atoms with E-state index in [0.717, 1.165) is 0 Å². The van der Waals surface area contributed by atoms with Crippen LogP contribution in [0.1, 0.15) is 31.9 Å². The lowest BCUT2D eigenvalue weighted by atomic mass is 10.0.